The maximum absolute atomic E-state index is 12.2. The molecule has 3 N–H and O–H groups in total. The van der Waals surface area contributed by atoms with Gasteiger partial charge in [0.1, 0.15) is 5.75 Å². The highest BCUT2D eigenvalue weighted by Gasteiger charge is 2.28. The maximum atomic E-state index is 12.2. The Bertz CT molecular complexity index is 611. The zero-order valence-electron chi connectivity index (χ0n) is 16.4. The summed E-state index contributed by atoms with van der Waals surface area (Å²) < 4.78 is 46.6. The summed E-state index contributed by atoms with van der Waals surface area (Å²) in [5, 5.41) is 16.1. The summed E-state index contributed by atoms with van der Waals surface area (Å²) in [7, 11) is 0. The van der Waals surface area contributed by atoms with Gasteiger partial charge in [0, 0.05) is 19.7 Å². The summed E-state index contributed by atoms with van der Waals surface area (Å²) in [6.07, 6.45) is -2.57. The van der Waals surface area contributed by atoms with Gasteiger partial charge in [-0.05, 0) is 43.4 Å². The van der Waals surface area contributed by atoms with Crippen LogP contribution < -0.4 is 15.4 Å². The van der Waals surface area contributed by atoms with E-state index in [4.69, 9.17) is 4.74 Å². The third kappa shape index (κ3) is 12.1. The number of aliphatic imine (C=N–C) groups is 1. The molecule has 1 fully saturated rings. The van der Waals surface area contributed by atoms with E-state index >= 15 is 0 Å². The zero-order chi connectivity index (χ0) is 20.4. The second-order valence-electron chi connectivity index (χ2n) is 6.76. The topological polar surface area (TPSA) is 75.1 Å². The zero-order valence-corrected chi connectivity index (χ0v) is 18.7. The Morgan fingerprint density at radius 2 is 1.93 bits per heavy atom. The van der Waals surface area contributed by atoms with Gasteiger partial charge >= 0.3 is 6.18 Å². The molecule has 1 saturated carbocycles. The summed E-state index contributed by atoms with van der Waals surface area (Å²) in [4.78, 5) is 4.41. The van der Waals surface area contributed by atoms with E-state index in [1.54, 1.807) is 12.1 Å². The summed E-state index contributed by atoms with van der Waals surface area (Å²) in [6, 6.07) is 6.30. The molecule has 1 aromatic carbocycles. The first-order valence-electron chi connectivity index (χ1n) is 9.42. The lowest BCUT2D eigenvalue weighted by atomic mass is 10.2. The number of alkyl halides is 3. The number of hydrogen-bond acceptors (Lipinski definition) is 4. The predicted octanol–water partition coefficient (Wildman–Crippen LogP) is 3.09. The van der Waals surface area contributed by atoms with Crippen LogP contribution in [0.4, 0.5) is 13.2 Å². The van der Waals surface area contributed by atoms with Crippen molar-refractivity contribution in [3.8, 4) is 5.75 Å². The molecule has 29 heavy (non-hydrogen) atoms. The molecule has 1 aliphatic rings. The molecule has 0 amide bonds. The van der Waals surface area contributed by atoms with Crippen LogP contribution in [-0.4, -0.2) is 56.3 Å². The average molecular weight is 531 g/mol. The van der Waals surface area contributed by atoms with Gasteiger partial charge in [-0.1, -0.05) is 12.1 Å². The van der Waals surface area contributed by atoms with E-state index in [2.05, 4.69) is 20.4 Å². The quantitative estimate of drug-likeness (QED) is 0.233. The van der Waals surface area contributed by atoms with Crippen molar-refractivity contribution in [1.82, 2.24) is 10.6 Å². The molecule has 0 spiro atoms. The third-order valence-electron chi connectivity index (χ3n) is 3.96. The van der Waals surface area contributed by atoms with Gasteiger partial charge in [-0.25, -0.2) is 4.99 Å². The summed E-state index contributed by atoms with van der Waals surface area (Å²) in [6.45, 7) is 2.90. The highest BCUT2D eigenvalue weighted by molar-refractivity contribution is 14.0. The lowest BCUT2D eigenvalue weighted by molar-refractivity contribution is -0.153. The van der Waals surface area contributed by atoms with Gasteiger partial charge < -0.3 is 25.2 Å². The second kappa shape index (κ2) is 13.1. The van der Waals surface area contributed by atoms with Crippen molar-refractivity contribution in [2.75, 3.05) is 32.9 Å². The highest BCUT2D eigenvalue weighted by atomic mass is 127. The molecule has 1 aromatic rings. The first-order chi connectivity index (χ1) is 13.4. The van der Waals surface area contributed by atoms with Gasteiger partial charge in [0.2, 0.25) is 0 Å². The van der Waals surface area contributed by atoms with Gasteiger partial charge in [0.15, 0.2) is 12.6 Å². The number of nitrogens with zero attached hydrogens (tertiary/aromatic N) is 1. The van der Waals surface area contributed by atoms with Gasteiger partial charge in [0.05, 0.1) is 19.3 Å². The minimum atomic E-state index is -4.36. The van der Waals surface area contributed by atoms with Crippen LogP contribution in [0, 0.1) is 5.92 Å². The Hall–Kier alpha value is -1.27. The molecule has 166 valence electrons. The van der Waals surface area contributed by atoms with Crippen molar-refractivity contribution in [3.05, 3.63) is 29.8 Å². The first kappa shape index (κ1) is 25.8. The van der Waals surface area contributed by atoms with Crippen molar-refractivity contribution < 1.29 is 27.8 Å². The predicted molar refractivity (Wildman–Crippen MR) is 116 cm³/mol. The monoisotopic (exact) mass is 531 g/mol. The molecule has 1 atom stereocenters. The smallest absolute Gasteiger partial charge is 0.422 e. The van der Waals surface area contributed by atoms with E-state index in [1.807, 2.05) is 6.92 Å². The van der Waals surface area contributed by atoms with Crippen LogP contribution in [0.5, 0.6) is 5.75 Å². The molecule has 0 heterocycles. The van der Waals surface area contributed by atoms with Crippen molar-refractivity contribution >= 4 is 29.9 Å². The van der Waals surface area contributed by atoms with Crippen molar-refractivity contribution in [3.63, 3.8) is 0 Å². The standard InChI is InChI=1S/C19H28F3N3O3.HI/c1-2-23-18(25-10-16(26)12-27-11-15-3-4-15)24-9-14-5-7-17(8-6-14)28-13-19(20,21)22;/h5-8,15-16,26H,2-4,9-13H2,1H3,(H2,23,24,25);1H. The summed E-state index contributed by atoms with van der Waals surface area (Å²) in [5.74, 6) is 1.36. The SMILES string of the molecule is CCNC(=NCc1ccc(OCC(F)(F)F)cc1)NCC(O)COCC1CC1.I. The van der Waals surface area contributed by atoms with E-state index in [1.165, 1.54) is 25.0 Å². The summed E-state index contributed by atoms with van der Waals surface area (Å²) >= 11 is 0. The minimum absolute atomic E-state index is 0. The molecule has 10 heteroatoms. The Morgan fingerprint density at radius 3 is 2.52 bits per heavy atom. The molecule has 2 rings (SSSR count). The van der Waals surface area contributed by atoms with Crippen LogP contribution in [0.1, 0.15) is 25.3 Å². The molecular weight excluding hydrogens is 502 g/mol. The van der Waals surface area contributed by atoms with E-state index in [-0.39, 0.29) is 36.3 Å². The molecule has 6 nitrogen and oxygen atoms in total. The number of aliphatic hydroxyl groups excluding tert-OH is 1. The van der Waals surface area contributed by atoms with E-state index in [0.717, 1.165) is 5.56 Å². The largest absolute Gasteiger partial charge is 0.484 e. The minimum Gasteiger partial charge on any atom is -0.484 e. The number of ether oxygens (including phenoxy) is 2. The van der Waals surface area contributed by atoms with E-state index in [9.17, 15) is 18.3 Å². The fourth-order valence-electron chi connectivity index (χ4n) is 2.30. The molecule has 0 aliphatic heterocycles. The molecular formula is C19H29F3IN3O3. The van der Waals surface area contributed by atoms with Crippen LogP contribution in [0.3, 0.4) is 0 Å². The fraction of sp³-hybridized carbons (Fsp3) is 0.632. The fourth-order valence-corrected chi connectivity index (χ4v) is 2.30. The normalized spacial score (nSPS) is 15.4. The van der Waals surface area contributed by atoms with Crippen molar-refractivity contribution in [1.29, 1.82) is 0 Å². The lowest BCUT2D eigenvalue weighted by Gasteiger charge is -2.15. The summed E-state index contributed by atoms with van der Waals surface area (Å²) in [5.41, 5.74) is 0.824. The van der Waals surface area contributed by atoms with Crippen molar-refractivity contribution in [2.24, 2.45) is 10.9 Å². The highest BCUT2D eigenvalue weighted by Crippen LogP contribution is 2.28. The molecule has 0 saturated heterocycles. The maximum Gasteiger partial charge on any atom is 0.422 e. The van der Waals surface area contributed by atoms with E-state index < -0.39 is 18.9 Å². The number of guanidine groups is 1. The van der Waals surface area contributed by atoms with Gasteiger partial charge in [-0.15, -0.1) is 24.0 Å². The number of rotatable bonds is 11. The van der Waals surface area contributed by atoms with Crippen molar-refractivity contribution in [2.45, 2.75) is 38.6 Å². The third-order valence-corrected chi connectivity index (χ3v) is 3.96. The van der Waals surface area contributed by atoms with Gasteiger partial charge in [-0.2, -0.15) is 13.2 Å². The molecule has 0 radical (unpaired) electrons. The van der Waals surface area contributed by atoms with E-state index in [0.29, 0.717) is 38.1 Å². The average Bonchev–Trinajstić information content (AvgIpc) is 3.47. The molecule has 0 bridgehead atoms. The Morgan fingerprint density at radius 1 is 1.24 bits per heavy atom. The first-order valence-corrected chi connectivity index (χ1v) is 9.42. The van der Waals surface area contributed by atoms with Crippen LogP contribution in [0.2, 0.25) is 0 Å². The number of halogens is 4. The van der Waals surface area contributed by atoms with Crippen LogP contribution >= 0.6 is 24.0 Å². The Balaban J connectivity index is 0.00000420. The molecule has 0 aromatic heterocycles. The number of nitrogens with one attached hydrogen (secondary N) is 2. The van der Waals surface area contributed by atoms with Gasteiger partial charge in [-0.3, -0.25) is 0 Å². The lowest BCUT2D eigenvalue weighted by Crippen LogP contribution is -2.42. The number of aliphatic hydroxyl groups is 1. The number of hydrogen-bond donors (Lipinski definition) is 3. The van der Waals surface area contributed by atoms with Crippen LogP contribution in [0.15, 0.2) is 29.3 Å². The molecule has 1 unspecified atom stereocenters. The number of benzene rings is 1. The molecule has 1 aliphatic carbocycles. The van der Waals surface area contributed by atoms with Gasteiger partial charge in [0.25, 0.3) is 0 Å². The second-order valence-corrected chi connectivity index (χ2v) is 6.76. The van der Waals surface area contributed by atoms with Crippen LogP contribution in [-0.2, 0) is 11.3 Å². The van der Waals surface area contributed by atoms with Crippen LogP contribution in [0.25, 0.3) is 0 Å². The Kier molecular flexibility index (Phi) is 11.7. The Labute approximate surface area is 186 Å².